The van der Waals surface area contributed by atoms with Crippen LogP contribution < -0.4 is 10.6 Å². The molecule has 1 aliphatic heterocycles. The van der Waals surface area contributed by atoms with E-state index in [1.165, 1.54) is 0 Å². The van der Waals surface area contributed by atoms with Gasteiger partial charge in [0.2, 0.25) is 5.91 Å². The van der Waals surface area contributed by atoms with Crippen molar-refractivity contribution >= 4 is 17.6 Å². The van der Waals surface area contributed by atoms with Gasteiger partial charge in [0, 0.05) is 18.8 Å². The molecule has 1 aromatic carbocycles. The van der Waals surface area contributed by atoms with Gasteiger partial charge in [-0.25, -0.2) is 4.79 Å². The highest BCUT2D eigenvalue weighted by Gasteiger charge is 2.30. The van der Waals surface area contributed by atoms with Crippen molar-refractivity contribution in [2.24, 2.45) is 11.8 Å². The molecule has 1 fully saturated rings. The summed E-state index contributed by atoms with van der Waals surface area (Å²) in [6, 6.07) is 8.40. The maximum atomic E-state index is 12.8. The molecule has 126 valence electrons. The van der Waals surface area contributed by atoms with E-state index in [9.17, 15) is 9.59 Å². The molecule has 23 heavy (non-hydrogen) atoms. The highest BCUT2D eigenvalue weighted by molar-refractivity contribution is 5.93. The predicted octanol–water partition coefficient (Wildman–Crippen LogP) is 3.09. The zero-order valence-corrected chi connectivity index (χ0v) is 14.2. The number of likely N-dealkylation sites (tertiary alicyclic amines) is 1. The smallest absolute Gasteiger partial charge is 0.319 e. The van der Waals surface area contributed by atoms with Crippen molar-refractivity contribution in [1.29, 1.82) is 0 Å². The van der Waals surface area contributed by atoms with Crippen molar-refractivity contribution in [3.63, 3.8) is 0 Å². The second-order valence-electron chi connectivity index (χ2n) is 6.72. The summed E-state index contributed by atoms with van der Waals surface area (Å²) in [5.74, 6) is 0.592. The Bertz CT molecular complexity index is 530. The fourth-order valence-corrected chi connectivity index (χ4v) is 2.93. The molecular weight excluding hydrogens is 290 g/mol. The Morgan fingerprint density at radius 1 is 1.22 bits per heavy atom. The van der Waals surface area contributed by atoms with E-state index in [0.717, 1.165) is 25.9 Å². The van der Waals surface area contributed by atoms with Gasteiger partial charge in [0.25, 0.3) is 0 Å². The fourth-order valence-electron chi connectivity index (χ4n) is 2.93. The number of piperidine rings is 1. The van der Waals surface area contributed by atoms with Crippen LogP contribution in [0.3, 0.4) is 0 Å². The number of para-hydroxylation sites is 1. The van der Waals surface area contributed by atoms with Crippen LogP contribution in [0.5, 0.6) is 0 Å². The quantitative estimate of drug-likeness (QED) is 0.896. The third-order valence-corrected chi connectivity index (χ3v) is 4.22. The number of nitrogens with one attached hydrogen (secondary N) is 2. The second-order valence-corrected chi connectivity index (χ2v) is 6.72. The highest BCUT2D eigenvalue weighted by Crippen LogP contribution is 2.18. The molecule has 2 unspecified atom stereocenters. The summed E-state index contributed by atoms with van der Waals surface area (Å²) >= 11 is 0. The number of rotatable bonds is 4. The number of carbonyl (C=O) groups excluding carboxylic acids is 2. The lowest BCUT2D eigenvalue weighted by atomic mass is 9.97. The molecule has 5 heteroatoms. The maximum Gasteiger partial charge on any atom is 0.319 e. The zero-order valence-electron chi connectivity index (χ0n) is 14.2. The average molecular weight is 317 g/mol. The molecule has 0 aromatic heterocycles. The average Bonchev–Trinajstić information content (AvgIpc) is 2.52. The lowest BCUT2D eigenvalue weighted by Gasteiger charge is -2.35. The van der Waals surface area contributed by atoms with Crippen molar-refractivity contribution < 1.29 is 9.59 Å². The van der Waals surface area contributed by atoms with E-state index in [-0.39, 0.29) is 17.9 Å². The first kappa shape index (κ1) is 17.3. The zero-order chi connectivity index (χ0) is 16.8. The number of hydrogen-bond acceptors (Lipinski definition) is 2. The first-order valence-corrected chi connectivity index (χ1v) is 8.38. The van der Waals surface area contributed by atoms with Crippen LogP contribution in [0.25, 0.3) is 0 Å². The van der Waals surface area contributed by atoms with E-state index in [4.69, 9.17) is 0 Å². The standard InChI is InChI=1S/C18H27N3O2/c1-13(2)16(17(22)21-11-7-8-14(3)12-21)20-18(23)19-15-9-5-4-6-10-15/h4-6,9-10,13-14,16H,7-8,11-12H2,1-3H3,(H2,19,20,23). The minimum absolute atomic E-state index is 0.0229. The topological polar surface area (TPSA) is 61.4 Å². The molecular formula is C18H27N3O2. The molecule has 2 N–H and O–H groups in total. The summed E-state index contributed by atoms with van der Waals surface area (Å²) in [4.78, 5) is 26.8. The second kappa shape index (κ2) is 7.99. The van der Waals surface area contributed by atoms with Crippen LogP contribution in [0.2, 0.25) is 0 Å². The number of anilines is 1. The molecule has 1 heterocycles. The normalized spacial score (nSPS) is 19.3. The van der Waals surface area contributed by atoms with Gasteiger partial charge in [-0.05, 0) is 36.8 Å². The van der Waals surface area contributed by atoms with Gasteiger partial charge < -0.3 is 15.5 Å². The fraction of sp³-hybridized carbons (Fsp3) is 0.556. The number of amides is 3. The van der Waals surface area contributed by atoms with E-state index >= 15 is 0 Å². The lowest BCUT2D eigenvalue weighted by molar-refractivity contribution is -0.135. The Morgan fingerprint density at radius 2 is 1.91 bits per heavy atom. The van der Waals surface area contributed by atoms with Crippen molar-refractivity contribution in [2.75, 3.05) is 18.4 Å². The Balaban J connectivity index is 1.97. The molecule has 1 aromatic rings. The predicted molar refractivity (Wildman–Crippen MR) is 92.2 cm³/mol. The van der Waals surface area contributed by atoms with Gasteiger partial charge in [0.05, 0.1) is 0 Å². The third-order valence-electron chi connectivity index (χ3n) is 4.22. The number of hydrogen-bond donors (Lipinski definition) is 2. The highest BCUT2D eigenvalue weighted by atomic mass is 16.2. The molecule has 2 atom stereocenters. The molecule has 2 rings (SSSR count). The molecule has 5 nitrogen and oxygen atoms in total. The summed E-state index contributed by atoms with van der Waals surface area (Å²) in [5.41, 5.74) is 0.714. The Hall–Kier alpha value is -2.04. The van der Waals surface area contributed by atoms with Gasteiger partial charge in [-0.1, -0.05) is 39.0 Å². The Morgan fingerprint density at radius 3 is 2.52 bits per heavy atom. The van der Waals surface area contributed by atoms with E-state index in [1.54, 1.807) is 0 Å². The molecule has 0 aliphatic carbocycles. The van der Waals surface area contributed by atoms with Crippen LogP contribution in [0.4, 0.5) is 10.5 Å². The first-order chi connectivity index (χ1) is 11.0. The molecule has 0 spiro atoms. The van der Waals surface area contributed by atoms with E-state index < -0.39 is 6.04 Å². The summed E-state index contributed by atoms with van der Waals surface area (Å²) in [6.07, 6.45) is 2.20. The molecule has 1 saturated heterocycles. The van der Waals surface area contributed by atoms with Crippen LogP contribution >= 0.6 is 0 Å². The Kier molecular flexibility index (Phi) is 6.02. The number of urea groups is 1. The molecule has 0 radical (unpaired) electrons. The summed E-state index contributed by atoms with van der Waals surface area (Å²) in [6.45, 7) is 7.65. The van der Waals surface area contributed by atoms with Gasteiger partial charge in [-0.3, -0.25) is 4.79 Å². The van der Waals surface area contributed by atoms with Crippen LogP contribution in [-0.2, 0) is 4.79 Å². The monoisotopic (exact) mass is 317 g/mol. The van der Waals surface area contributed by atoms with Crippen LogP contribution in [0, 0.1) is 11.8 Å². The van der Waals surface area contributed by atoms with E-state index in [2.05, 4.69) is 17.6 Å². The van der Waals surface area contributed by atoms with Crippen molar-refractivity contribution in [2.45, 2.75) is 39.7 Å². The van der Waals surface area contributed by atoms with Crippen molar-refractivity contribution in [3.8, 4) is 0 Å². The van der Waals surface area contributed by atoms with Crippen LogP contribution in [0.15, 0.2) is 30.3 Å². The SMILES string of the molecule is CC1CCCN(C(=O)C(NC(=O)Nc2ccccc2)C(C)C)C1. The lowest BCUT2D eigenvalue weighted by Crippen LogP contribution is -2.54. The van der Waals surface area contributed by atoms with Gasteiger partial charge in [-0.15, -0.1) is 0 Å². The van der Waals surface area contributed by atoms with E-state index in [1.807, 2.05) is 49.1 Å². The van der Waals surface area contributed by atoms with Gasteiger partial charge in [-0.2, -0.15) is 0 Å². The van der Waals surface area contributed by atoms with Gasteiger partial charge in [0.1, 0.15) is 6.04 Å². The number of benzene rings is 1. The molecule has 0 saturated carbocycles. The molecule has 3 amide bonds. The van der Waals surface area contributed by atoms with Crippen LogP contribution in [-0.4, -0.2) is 36.0 Å². The summed E-state index contributed by atoms with van der Waals surface area (Å²) < 4.78 is 0. The third kappa shape index (κ3) is 4.98. The minimum atomic E-state index is -0.496. The Labute approximate surface area is 138 Å². The van der Waals surface area contributed by atoms with Crippen LogP contribution in [0.1, 0.15) is 33.6 Å². The van der Waals surface area contributed by atoms with Crippen molar-refractivity contribution in [1.82, 2.24) is 10.2 Å². The minimum Gasteiger partial charge on any atom is -0.341 e. The number of carbonyl (C=O) groups is 2. The summed E-state index contributed by atoms with van der Waals surface area (Å²) in [5, 5.41) is 5.61. The molecule has 1 aliphatic rings. The number of nitrogens with zero attached hydrogens (tertiary/aromatic N) is 1. The van der Waals surface area contributed by atoms with Gasteiger partial charge >= 0.3 is 6.03 Å². The van der Waals surface area contributed by atoms with E-state index in [0.29, 0.717) is 11.6 Å². The molecule has 0 bridgehead atoms. The summed E-state index contributed by atoms with van der Waals surface area (Å²) in [7, 11) is 0. The van der Waals surface area contributed by atoms with Gasteiger partial charge in [0.15, 0.2) is 0 Å². The first-order valence-electron chi connectivity index (χ1n) is 8.38. The largest absolute Gasteiger partial charge is 0.341 e. The maximum absolute atomic E-state index is 12.8. The van der Waals surface area contributed by atoms with Crippen molar-refractivity contribution in [3.05, 3.63) is 30.3 Å².